The Kier molecular flexibility index (Phi) is 14.7. The van der Waals surface area contributed by atoms with Gasteiger partial charge in [0.1, 0.15) is 0 Å². The Morgan fingerprint density at radius 3 is 2.22 bits per heavy atom. The Morgan fingerprint density at radius 2 is 1.67 bits per heavy atom. The lowest BCUT2D eigenvalue weighted by atomic mass is 10.0. The molecule has 0 radical (unpaired) electrons. The normalized spacial score (nSPS) is 12.1. The average Bonchev–Trinajstić information content (AvgIpc) is 2.24. The van der Waals surface area contributed by atoms with Gasteiger partial charge in [0.15, 0.2) is 0 Å². The second-order valence-electron chi connectivity index (χ2n) is 5.46. The first kappa shape index (κ1) is 20.0. The van der Waals surface area contributed by atoms with Crippen LogP contribution in [0.2, 0.25) is 0 Å². The van der Waals surface area contributed by atoms with Gasteiger partial charge in [0.25, 0.3) is 0 Å². The molecule has 0 aliphatic heterocycles. The molecule has 0 aliphatic carbocycles. The molecule has 1 unspecified atom stereocenters. The van der Waals surface area contributed by atoms with Crippen molar-refractivity contribution in [3.63, 3.8) is 0 Å². The Labute approximate surface area is 119 Å². The largest absolute Gasteiger partial charge is 0.356 e. The summed E-state index contributed by atoms with van der Waals surface area (Å²) in [5.41, 5.74) is 5.59. The van der Waals surface area contributed by atoms with Crippen LogP contribution >= 0.6 is 12.4 Å². The van der Waals surface area contributed by atoms with Crippen LogP contribution in [0.5, 0.6) is 0 Å². The van der Waals surface area contributed by atoms with Crippen molar-refractivity contribution < 1.29 is 4.79 Å². The van der Waals surface area contributed by atoms with E-state index in [2.05, 4.69) is 19.2 Å². The molecule has 0 aromatic rings. The van der Waals surface area contributed by atoms with E-state index >= 15 is 0 Å². The maximum atomic E-state index is 11.4. The number of carbonyl (C=O) groups excluding carboxylic acids is 1. The monoisotopic (exact) mass is 278 g/mol. The van der Waals surface area contributed by atoms with Crippen molar-refractivity contribution in [3.8, 4) is 0 Å². The van der Waals surface area contributed by atoms with Gasteiger partial charge >= 0.3 is 0 Å². The molecular formula is C14H31ClN2O. The van der Waals surface area contributed by atoms with E-state index in [-0.39, 0.29) is 24.4 Å². The molecule has 0 saturated carbocycles. The predicted octanol–water partition coefficient (Wildman–Crippen LogP) is 3.26. The van der Waals surface area contributed by atoms with E-state index in [1.165, 1.54) is 25.7 Å². The standard InChI is InChI=1S/C14H30N2O.ClH/c1-12(2)8-6-4-5-7-11-16-14(17)10-9-13(3)15;/h12-13H,4-11,15H2,1-3H3,(H,16,17);1H. The molecular weight excluding hydrogens is 248 g/mol. The van der Waals surface area contributed by atoms with E-state index < -0.39 is 0 Å². The topological polar surface area (TPSA) is 55.1 Å². The van der Waals surface area contributed by atoms with Crippen molar-refractivity contribution in [1.82, 2.24) is 5.32 Å². The van der Waals surface area contributed by atoms with Gasteiger partial charge in [0, 0.05) is 19.0 Å². The summed E-state index contributed by atoms with van der Waals surface area (Å²) in [7, 11) is 0. The van der Waals surface area contributed by atoms with E-state index in [0.29, 0.717) is 6.42 Å². The Balaban J connectivity index is 0. The van der Waals surface area contributed by atoms with Crippen LogP contribution in [0.4, 0.5) is 0 Å². The fourth-order valence-electron chi connectivity index (χ4n) is 1.71. The third-order valence-corrected chi connectivity index (χ3v) is 2.86. The molecule has 0 heterocycles. The van der Waals surface area contributed by atoms with Crippen LogP contribution in [0.1, 0.15) is 65.7 Å². The minimum atomic E-state index is 0. The first-order chi connectivity index (χ1) is 8.02. The number of hydrogen-bond donors (Lipinski definition) is 2. The zero-order chi connectivity index (χ0) is 13.1. The van der Waals surface area contributed by atoms with E-state index in [0.717, 1.165) is 25.3 Å². The molecule has 0 bridgehead atoms. The lowest BCUT2D eigenvalue weighted by Crippen LogP contribution is -2.26. The summed E-state index contributed by atoms with van der Waals surface area (Å²) in [6.07, 6.45) is 7.58. The van der Waals surface area contributed by atoms with Crippen molar-refractivity contribution in [2.75, 3.05) is 6.54 Å². The van der Waals surface area contributed by atoms with Gasteiger partial charge in [-0.25, -0.2) is 0 Å². The maximum absolute atomic E-state index is 11.4. The lowest BCUT2D eigenvalue weighted by Gasteiger charge is -2.07. The number of halogens is 1. The molecule has 0 aromatic heterocycles. The predicted molar refractivity (Wildman–Crippen MR) is 81.1 cm³/mol. The second kappa shape index (κ2) is 13.2. The van der Waals surface area contributed by atoms with Crippen LogP contribution in [0.15, 0.2) is 0 Å². The van der Waals surface area contributed by atoms with Crippen molar-refractivity contribution in [3.05, 3.63) is 0 Å². The highest BCUT2D eigenvalue weighted by molar-refractivity contribution is 5.85. The SMILES string of the molecule is CC(C)CCCCCCNC(=O)CCC(C)N.Cl. The van der Waals surface area contributed by atoms with Gasteiger partial charge in [-0.3, -0.25) is 4.79 Å². The summed E-state index contributed by atoms with van der Waals surface area (Å²) >= 11 is 0. The molecule has 0 aliphatic rings. The van der Waals surface area contributed by atoms with Crippen molar-refractivity contribution in [1.29, 1.82) is 0 Å². The molecule has 0 fully saturated rings. The second-order valence-corrected chi connectivity index (χ2v) is 5.46. The minimum absolute atomic E-state index is 0. The van der Waals surface area contributed by atoms with Crippen LogP contribution in [-0.4, -0.2) is 18.5 Å². The molecule has 0 aromatic carbocycles. The van der Waals surface area contributed by atoms with Gasteiger partial charge in [0.2, 0.25) is 5.91 Å². The zero-order valence-corrected chi connectivity index (χ0v) is 13.0. The Hall–Kier alpha value is -0.280. The Bertz CT molecular complexity index is 196. The van der Waals surface area contributed by atoms with Crippen molar-refractivity contribution in [2.45, 2.75) is 71.8 Å². The number of carbonyl (C=O) groups is 1. The molecule has 1 amide bonds. The first-order valence-electron chi connectivity index (χ1n) is 7.04. The minimum Gasteiger partial charge on any atom is -0.356 e. The van der Waals surface area contributed by atoms with Crippen LogP contribution in [0.3, 0.4) is 0 Å². The summed E-state index contributed by atoms with van der Waals surface area (Å²) in [5, 5.41) is 2.94. The molecule has 4 heteroatoms. The molecule has 3 N–H and O–H groups in total. The first-order valence-corrected chi connectivity index (χ1v) is 7.04. The summed E-state index contributed by atoms with van der Waals surface area (Å²) < 4.78 is 0. The molecule has 0 saturated heterocycles. The number of hydrogen-bond acceptors (Lipinski definition) is 2. The van der Waals surface area contributed by atoms with Crippen LogP contribution < -0.4 is 11.1 Å². The van der Waals surface area contributed by atoms with E-state index in [4.69, 9.17) is 5.73 Å². The van der Waals surface area contributed by atoms with Gasteiger partial charge in [-0.15, -0.1) is 12.4 Å². The highest BCUT2D eigenvalue weighted by atomic mass is 35.5. The number of nitrogens with two attached hydrogens (primary N) is 1. The number of amides is 1. The maximum Gasteiger partial charge on any atom is 0.220 e. The number of nitrogens with one attached hydrogen (secondary N) is 1. The van der Waals surface area contributed by atoms with Crippen molar-refractivity contribution >= 4 is 18.3 Å². The lowest BCUT2D eigenvalue weighted by molar-refractivity contribution is -0.121. The average molecular weight is 279 g/mol. The van der Waals surface area contributed by atoms with Gasteiger partial charge in [-0.1, -0.05) is 39.5 Å². The summed E-state index contributed by atoms with van der Waals surface area (Å²) in [4.78, 5) is 11.4. The third kappa shape index (κ3) is 15.7. The van der Waals surface area contributed by atoms with Crippen LogP contribution in [0.25, 0.3) is 0 Å². The van der Waals surface area contributed by atoms with Crippen LogP contribution in [-0.2, 0) is 4.79 Å². The molecule has 3 nitrogen and oxygen atoms in total. The Morgan fingerprint density at radius 1 is 1.06 bits per heavy atom. The molecule has 0 spiro atoms. The molecule has 1 atom stereocenters. The van der Waals surface area contributed by atoms with E-state index in [1.807, 2.05) is 6.92 Å². The van der Waals surface area contributed by atoms with Crippen LogP contribution in [0, 0.1) is 5.92 Å². The number of unbranched alkanes of at least 4 members (excludes halogenated alkanes) is 3. The molecule has 110 valence electrons. The highest BCUT2D eigenvalue weighted by Crippen LogP contribution is 2.08. The molecule has 0 rings (SSSR count). The van der Waals surface area contributed by atoms with Gasteiger partial charge in [-0.2, -0.15) is 0 Å². The van der Waals surface area contributed by atoms with Gasteiger partial charge in [-0.05, 0) is 25.7 Å². The number of rotatable bonds is 10. The smallest absolute Gasteiger partial charge is 0.220 e. The highest BCUT2D eigenvalue weighted by Gasteiger charge is 2.02. The fraction of sp³-hybridized carbons (Fsp3) is 0.929. The van der Waals surface area contributed by atoms with Gasteiger partial charge in [0.05, 0.1) is 0 Å². The fourth-order valence-corrected chi connectivity index (χ4v) is 1.71. The summed E-state index contributed by atoms with van der Waals surface area (Å²) in [5.74, 6) is 0.956. The van der Waals surface area contributed by atoms with E-state index in [9.17, 15) is 4.79 Å². The zero-order valence-electron chi connectivity index (χ0n) is 12.2. The van der Waals surface area contributed by atoms with Crippen molar-refractivity contribution in [2.24, 2.45) is 11.7 Å². The van der Waals surface area contributed by atoms with E-state index in [1.54, 1.807) is 0 Å². The molecule has 18 heavy (non-hydrogen) atoms. The quantitative estimate of drug-likeness (QED) is 0.603. The van der Waals surface area contributed by atoms with Gasteiger partial charge < -0.3 is 11.1 Å². The third-order valence-electron chi connectivity index (χ3n) is 2.86. The summed E-state index contributed by atoms with van der Waals surface area (Å²) in [6.45, 7) is 7.28. The summed E-state index contributed by atoms with van der Waals surface area (Å²) in [6, 6.07) is 0.122.